The van der Waals surface area contributed by atoms with E-state index in [9.17, 15) is 4.79 Å². The lowest BCUT2D eigenvalue weighted by atomic mass is 10.1. The molecule has 1 amide bonds. The summed E-state index contributed by atoms with van der Waals surface area (Å²) >= 11 is 0. The Balaban J connectivity index is 2.11. The fraction of sp³-hybridized carbons (Fsp3) is 0.500. The number of primary amides is 1. The number of amides is 1. The van der Waals surface area contributed by atoms with Gasteiger partial charge in [0.15, 0.2) is 0 Å². The summed E-state index contributed by atoms with van der Waals surface area (Å²) < 4.78 is 5.74. The van der Waals surface area contributed by atoms with Gasteiger partial charge in [-0.15, -0.1) is 0 Å². The van der Waals surface area contributed by atoms with E-state index in [1.165, 1.54) is 11.1 Å². The topological polar surface area (TPSA) is 64.3 Å². The van der Waals surface area contributed by atoms with Crippen LogP contribution in [0.25, 0.3) is 0 Å². The molecule has 1 aromatic rings. The molecule has 0 fully saturated rings. The standard InChI is InChI=1S/C14H20N2O2/c1-9(14(15)17)8-18-13-5-3-4-10-11(13)6-7-12(10)16-2/h3-5,9,12,16H,6-8H2,1-2H3,(H2,15,17). The number of fused-ring (bicyclic) bond motifs is 1. The molecule has 1 aliphatic carbocycles. The van der Waals surface area contributed by atoms with Crippen LogP contribution in [0.3, 0.4) is 0 Å². The number of nitrogens with two attached hydrogens (primary N) is 1. The first-order chi connectivity index (χ1) is 8.63. The summed E-state index contributed by atoms with van der Waals surface area (Å²) in [5, 5.41) is 3.30. The van der Waals surface area contributed by atoms with Gasteiger partial charge < -0.3 is 15.8 Å². The molecule has 0 radical (unpaired) electrons. The van der Waals surface area contributed by atoms with Crippen molar-refractivity contribution in [1.82, 2.24) is 5.32 Å². The normalized spacial score (nSPS) is 19.3. The molecule has 1 aromatic carbocycles. The second kappa shape index (κ2) is 5.40. The second-order valence-corrected chi connectivity index (χ2v) is 4.82. The Kier molecular flexibility index (Phi) is 3.87. The molecule has 98 valence electrons. The van der Waals surface area contributed by atoms with Crippen molar-refractivity contribution in [3.63, 3.8) is 0 Å². The lowest BCUT2D eigenvalue weighted by Gasteiger charge is -2.14. The smallest absolute Gasteiger partial charge is 0.223 e. The van der Waals surface area contributed by atoms with Crippen LogP contribution in [-0.4, -0.2) is 19.6 Å². The number of hydrogen-bond donors (Lipinski definition) is 2. The minimum absolute atomic E-state index is 0.262. The zero-order valence-electron chi connectivity index (χ0n) is 10.9. The number of carbonyl (C=O) groups excluding carboxylic acids is 1. The molecule has 0 bridgehead atoms. The Morgan fingerprint density at radius 2 is 2.39 bits per heavy atom. The van der Waals surface area contributed by atoms with Gasteiger partial charge in [0.1, 0.15) is 5.75 Å². The van der Waals surface area contributed by atoms with Crippen LogP contribution in [0, 0.1) is 5.92 Å². The average molecular weight is 248 g/mol. The first-order valence-electron chi connectivity index (χ1n) is 6.34. The summed E-state index contributed by atoms with van der Waals surface area (Å²) in [6.07, 6.45) is 2.11. The van der Waals surface area contributed by atoms with E-state index in [2.05, 4.69) is 11.4 Å². The third kappa shape index (κ3) is 2.48. The quantitative estimate of drug-likeness (QED) is 0.827. The lowest BCUT2D eigenvalue weighted by molar-refractivity contribution is -0.122. The van der Waals surface area contributed by atoms with Crippen LogP contribution in [0.15, 0.2) is 18.2 Å². The predicted molar refractivity (Wildman–Crippen MR) is 70.4 cm³/mol. The van der Waals surface area contributed by atoms with E-state index in [4.69, 9.17) is 10.5 Å². The molecule has 4 heteroatoms. The van der Waals surface area contributed by atoms with Gasteiger partial charge in [-0.1, -0.05) is 19.1 Å². The van der Waals surface area contributed by atoms with Gasteiger partial charge in [-0.3, -0.25) is 4.79 Å². The molecule has 4 nitrogen and oxygen atoms in total. The average Bonchev–Trinajstić information content (AvgIpc) is 2.79. The van der Waals surface area contributed by atoms with Crippen molar-refractivity contribution in [2.45, 2.75) is 25.8 Å². The fourth-order valence-corrected chi connectivity index (χ4v) is 2.35. The van der Waals surface area contributed by atoms with Crippen molar-refractivity contribution in [3.8, 4) is 5.75 Å². The Bertz CT molecular complexity index is 445. The third-order valence-corrected chi connectivity index (χ3v) is 3.55. The number of rotatable bonds is 5. The van der Waals surface area contributed by atoms with Crippen molar-refractivity contribution in [2.75, 3.05) is 13.7 Å². The number of hydrogen-bond acceptors (Lipinski definition) is 3. The van der Waals surface area contributed by atoms with Gasteiger partial charge in [0.05, 0.1) is 12.5 Å². The summed E-state index contributed by atoms with van der Waals surface area (Å²) in [5.41, 5.74) is 7.79. The van der Waals surface area contributed by atoms with Crippen molar-refractivity contribution in [1.29, 1.82) is 0 Å². The van der Waals surface area contributed by atoms with E-state index in [0.717, 1.165) is 18.6 Å². The third-order valence-electron chi connectivity index (χ3n) is 3.55. The van der Waals surface area contributed by atoms with Crippen LogP contribution < -0.4 is 15.8 Å². The van der Waals surface area contributed by atoms with Gasteiger partial charge in [0.25, 0.3) is 0 Å². The fourth-order valence-electron chi connectivity index (χ4n) is 2.35. The van der Waals surface area contributed by atoms with Crippen LogP contribution >= 0.6 is 0 Å². The molecule has 0 aromatic heterocycles. The molecule has 18 heavy (non-hydrogen) atoms. The Morgan fingerprint density at radius 3 is 3.06 bits per heavy atom. The van der Waals surface area contributed by atoms with Gasteiger partial charge in [-0.05, 0) is 37.1 Å². The summed E-state index contributed by atoms with van der Waals surface area (Å²) in [7, 11) is 1.97. The minimum Gasteiger partial charge on any atom is -0.492 e. The SMILES string of the molecule is CNC1CCc2c(OCC(C)C(N)=O)cccc21. The van der Waals surface area contributed by atoms with E-state index in [0.29, 0.717) is 12.6 Å². The summed E-state index contributed by atoms with van der Waals surface area (Å²) in [5.74, 6) is 0.302. The Hall–Kier alpha value is -1.55. The number of nitrogens with one attached hydrogen (secondary N) is 1. The monoisotopic (exact) mass is 248 g/mol. The number of benzene rings is 1. The molecule has 0 aliphatic heterocycles. The molecule has 0 spiro atoms. The number of carbonyl (C=O) groups is 1. The molecule has 0 saturated heterocycles. The highest BCUT2D eigenvalue weighted by molar-refractivity contribution is 5.76. The van der Waals surface area contributed by atoms with Crippen molar-refractivity contribution in [2.24, 2.45) is 11.7 Å². The van der Waals surface area contributed by atoms with Crippen LogP contribution in [0.5, 0.6) is 5.75 Å². The first-order valence-corrected chi connectivity index (χ1v) is 6.34. The van der Waals surface area contributed by atoms with E-state index in [-0.39, 0.29) is 11.8 Å². The van der Waals surface area contributed by atoms with Crippen LogP contribution in [-0.2, 0) is 11.2 Å². The maximum atomic E-state index is 11.0. The maximum Gasteiger partial charge on any atom is 0.223 e. The highest BCUT2D eigenvalue weighted by Gasteiger charge is 2.24. The second-order valence-electron chi connectivity index (χ2n) is 4.82. The van der Waals surface area contributed by atoms with Gasteiger partial charge in [-0.2, -0.15) is 0 Å². The molecular weight excluding hydrogens is 228 g/mol. The van der Waals surface area contributed by atoms with Gasteiger partial charge in [-0.25, -0.2) is 0 Å². The summed E-state index contributed by atoms with van der Waals surface area (Å²) in [6.45, 7) is 2.12. The lowest BCUT2D eigenvalue weighted by Crippen LogP contribution is -2.26. The Morgan fingerprint density at radius 1 is 1.61 bits per heavy atom. The molecule has 2 atom stereocenters. The molecule has 2 unspecified atom stereocenters. The van der Waals surface area contributed by atoms with Crippen molar-refractivity contribution in [3.05, 3.63) is 29.3 Å². The summed E-state index contributed by atoms with van der Waals surface area (Å²) in [4.78, 5) is 11.0. The molecule has 1 aliphatic rings. The zero-order valence-corrected chi connectivity index (χ0v) is 10.9. The Labute approximate surface area is 108 Å². The van der Waals surface area contributed by atoms with Crippen molar-refractivity contribution < 1.29 is 9.53 Å². The maximum absolute atomic E-state index is 11.0. The van der Waals surface area contributed by atoms with E-state index < -0.39 is 0 Å². The molecule has 0 heterocycles. The van der Waals surface area contributed by atoms with E-state index in [1.54, 1.807) is 6.92 Å². The molecule has 0 saturated carbocycles. The molecular formula is C14H20N2O2. The van der Waals surface area contributed by atoms with Gasteiger partial charge >= 0.3 is 0 Å². The highest BCUT2D eigenvalue weighted by Crippen LogP contribution is 2.36. The van der Waals surface area contributed by atoms with Crippen LogP contribution in [0.4, 0.5) is 0 Å². The predicted octanol–water partition coefficient (Wildman–Crippen LogP) is 1.39. The zero-order chi connectivity index (χ0) is 13.1. The summed E-state index contributed by atoms with van der Waals surface area (Å²) in [6, 6.07) is 6.51. The molecule has 3 N–H and O–H groups in total. The van der Waals surface area contributed by atoms with E-state index in [1.807, 2.05) is 19.2 Å². The van der Waals surface area contributed by atoms with Gasteiger partial charge in [0, 0.05) is 6.04 Å². The van der Waals surface area contributed by atoms with E-state index >= 15 is 0 Å². The van der Waals surface area contributed by atoms with Crippen LogP contribution in [0.2, 0.25) is 0 Å². The number of ether oxygens (including phenoxy) is 1. The first kappa shape index (κ1) is 12.9. The highest BCUT2D eigenvalue weighted by atomic mass is 16.5. The largest absolute Gasteiger partial charge is 0.492 e. The van der Waals surface area contributed by atoms with Gasteiger partial charge in [0.2, 0.25) is 5.91 Å². The minimum atomic E-state index is -0.323. The molecule has 2 rings (SSSR count). The van der Waals surface area contributed by atoms with Crippen LogP contribution in [0.1, 0.15) is 30.5 Å². The van der Waals surface area contributed by atoms with Crippen molar-refractivity contribution >= 4 is 5.91 Å².